The Kier molecular flexibility index (Phi) is 4.11. The highest BCUT2D eigenvalue weighted by Crippen LogP contribution is 2.13. The van der Waals surface area contributed by atoms with Gasteiger partial charge in [-0.2, -0.15) is 0 Å². The van der Waals surface area contributed by atoms with E-state index in [2.05, 4.69) is 9.88 Å². The SMILES string of the molecule is Nc1cnccc1C(=O)N1CCN(CCO)CC1. The Morgan fingerprint density at radius 2 is 2.11 bits per heavy atom. The van der Waals surface area contributed by atoms with Crippen molar-refractivity contribution in [1.82, 2.24) is 14.8 Å². The Balaban J connectivity index is 1.98. The summed E-state index contributed by atoms with van der Waals surface area (Å²) in [6.07, 6.45) is 3.07. The van der Waals surface area contributed by atoms with Crippen LogP contribution in [0, 0.1) is 0 Å². The lowest BCUT2D eigenvalue weighted by Gasteiger charge is -2.34. The van der Waals surface area contributed by atoms with Gasteiger partial charge in [0.15, 0.2) is 0 Å². The van der Waals surface area contributed by atoms with Crippen LogP contribution in [0.2, 0.25) is 0 Å². The largest absolute Gasteiger partial charge is 0.397 e. The first-order valence-corrected chi connectivity index (χ1v) is 6.04. The van der Waals surface area contributed by atoms with Crippen molar-refractivity contribution in [3.63, 3.8) is 0 Å². The Bertz CT molecular complexity index is 416. The molecule has 2 heterocycles. The lowest BCUT2D eigenvalue weighted by molar-refractivity contribution is 0.0616. The summed E-state index contributed by atoms with van der Waals surface area (Å²) >= 11 is 0. The summed E-state index contributed by atoms with van der Waals surface area (Å²) in [4.78, 5) is 20.0. The van der Waals surface area contributed by atoms with Gasteiger partial charge < -0.3 is 15.7 Å². The van der Waals surface area contributed by atoms with E-state index in [-0.39, 0.29) is 12.5 Å². The summed E-state index contributed by atoms with van der Waals surface area (Å²) in [5.41, 5.74) is 6.68. The van der Waals surface area contributed by atoms with Crippen molar-refractivity contribution >= 4 is 11.6 Å². The number of β-amino-alcohol motifs (C(OH)–C–C–N with tert-alkyl or cyclic N) is 1. The van der Waals surface area contributed by atoms with Gasteiger partial charge in [0.1, 0.15) is 0 Å². The number of hydrogen-bond donors (Lipinski definition) is 2. The van der Waals surface area contributed by atoms with Crippen LogP contribution in [0.25, 0.3) is 0 Å². The molecule has 0 aromatic carbocycles. The summed E-state index contributed by atoms with van der Waals surface area (Å²) in [5.74, 6) is -0.0430. The van der Waals surface area contributed by atoms with Gasteiger partial charge in [-0.05, 0) is 6.07 Å². The van der Waals surface area contributed by atoms with Gasteiger partial charge in [0.05, 0.1) is 24.1 Å². The van der Waals surface area contributed by atoms with Crippen molar-refractivity contribution in [2.24, 2.45) is 0 Å². The van der Waals surface area contributed by atoms with Crippen LogP contribution in [0.1, 0.15) is 10.4 Å². The molecule has 98 valence electrons. The molecule has 1 aromatic rings. The molecule has 1 fully saturated rings. The second-order valence-electron chi connectivity index (χ2n) is 4.32. The lowest BCUT2D eigenvalue weighted by Crippen LogP contribution is -2.49. The highest BCUT2D eigenvalue weighted by molar-refractivity contribution is 5.98. The number of pyridine rings is 1. The summed E-state index contributed by atoms with van der Waals surface area (Å²) < 4.78 is 0. The zero-order valence-corrected chi connectivity index (χ0v) is 10.2. The molecule has 18 heavy (non-hydrogen) atoms. The molecule has 0 spiro atoms. The number of nitrogen functional groups attached to an aromatic ring is 1. The fraction of sp³-hybridized carbons (Fsp3) is 0.500. The zero-order chi connectivity index (χ0) is 13.0. The predicted molar refractivity (Wildman–Crippen MR) is 68.1 cm³/mol. The monoisotopic (exact) mass is 250 g/mol. The van der Waals surface area contributed by atoms with Crippen molar-refractivity contribution in [1.29, 1.82) is 0 Å². The quantitative estimate of drug-likeness (QED) is 0.749. The number of piperazine rings is 1. The van der Waals surface area contributed by atoms with Crippen LogP contribution in [0.15, 0.2) is 18.5 Å². The van der Waals surface area contributed by atoms with Crippen LogP contribution in [-0.4, -0.2) is 65.1 Å². The third kappa shape index (κ3) is 2.77. The number of aromatic nitrogens is 1. The van der Waals surface area contributed by atoms with Crippen molar-refractivity contribution in [3.05, 3.63) is 24.0 Å². The van der Waals surface area contributed by atoms with E-state index in [0.717, 1.165) is 13.1 Å². The van der Waals surface area contributed by atoms with Crippen LogP contribution in [0.4, 0.5) is 5.69 Å². The normalized spacial score (nSPS) is 16.8. The minimum absolute atomic E-state index is 0.0430. The molecule has 0 atom stereocenters. The van der Waals surface area contributed by atoms with Crippen molar-refractivity contribution in [3.8, 4) is 0 Å². The van der Waals surface area contributed by atoms with Crippen LogP contribution in [-0.2, 0) is 0 Å². The van der Waals surface area contributed by atoms with Crippen molar-refractivity contribution in [2.45, 2.75) is 0 Å². The van der Waals surface area contributed by atoms with E-state index in [1.807, 2.05) is 0 Å². The Morgan fingerprint density at radius 1 is 1.39 bits per heavy atom. The van der Waals surface area contributed by atoms with E-state index in [9.17, 15) is 4.79 Å². The van der Waals surface area contributed by atoms with Crippen LogP contribution < -0.4 is 5.73 Å². The molecular weight excluding hydrogens is 232 g/mol. The lowest BCUT2D eigenvalue weighted by atomic mass is 10.2. The third-order valence-electron chi connectivity index (χ3n) is 3.16. The number of rotatable bonds is 3. The summed E-state index contributed by atoms with van der Waals surface area (Å²) in [5, 5.41) is 8.86. The van der Waals surface area contributed by atoms with Crippen molar-refractivity contribution < 1.29 is 9.90 Å². The van der Waals surface area contributed by atoms with Gasteiger partial charge in [0.25, 0.3) is 5.91 Å². The first-order valence-electron chi connectivity index (χ1n) is 6.04. The molecule has 1 saturated heterocycles. The Morgan fingerprint density at radius 3 is 2.72 bits per heavy atom. The molecule has 6 heteroatoms. The number of carbonyl (C=O) groups excluding carboxylic acids is 1. The second kappa shape index (κ2) is 5.79. The molecule has 1 aromatic heterocycles. The minimum atomic E-state index is -0.0430. The zero-order valence-electron chi connectivity index (χ0n) is 10.2. The number of carbonyl (C=O) groups is 1. The fourth-order valence-corrected chi connectivity index (χ4v) is 2.09. The standard InChI is InChI=1S/C12H18N4O2/c13-11-9-14-2-1-10(11)12(18)16-5-3-15(4-6-16)7-8-17/h1-2,9,17H,3-8,13H2. The molecule has 0 bridgehead atoms. The third-order valence-corrected chi connectivity index (χ3v) is 3.16. The number of aliphatic hydroxyl groups excluding tert-OH is 1. The topological polar surface area (TPSA) is 82.7 Å². The number of nitrogens with two attached hydrogens (primary N) is 1. The number of nitrogens with zero attached hydrogens (tertiary/aromatic N) is 3. The summed E-state index contributed by atoms with van der Waals surface area (Å²) in [7, 11) is 0. The summed E-state index contributed by atoms with van der Waals surface area (Å²) in [6.45, 7) is 3.74. The van der Waals surface area contributed by atoms with E-state index in [4.69, 9.17) is 10.8 Å². The van der Waals surface area contributed by atoms with Gasteiger partial charge >= 0.3 is 0 Å². The molecule has 1 aliphatic rings. The first kappa shape index (κ1) is 12.8. The Hall–Kier alpha value is -1.66. The van der Waals surface area contributed by atoms with Gasteiger partial charge in [0, 0.05) is 38.9 Å². The maximum absolute atomic E-state index is 12.2. The highest BCUT2D eigenvalue weighted by Gasteiger charge is 2.22. The molecule has 2 rings (SSSR count). The van der Waals surface area contributed by atoms with Gasteiger partial charge in [-0.15, -0.1) is 0 Å². The fourth-order valence-electron chi connectivity index (χ4n) is 2.09. The number of amides is 1. The molecular formula is C12H18N4O2. The molecule has 1 aliphatic heterocycles. The average molecular weight is 250 g/mol. The van der Waals surface area contributed by atoms with Gasteiger partial charge in [-0.25, -0.2) is 0 Å². The van der Waals surface area contributed by atoms with E-state index in [1.54, 1.807) is 17.2 Å². The van der Waals surface area contributed by atoms with E-state index in [0.29, 0.717) is 30.9 Å². The number of aliphatic hydroxyl groups is 1. The average Bonchev–Trinajstić information content (AvgIpc) is 2.40. The molecule has 3 N–H and O–H groups in total. The van der Waals surface area contributed by atoms with Gasteiger partial charge in [-0.3, -0.25) is 14.7 Å². The molecule has 0 aliphatic carbocycles. The molecule has 0 radical (unpaired) electrons. The smallest absolute Gasteiger partial charge is 0.256 e. The van der Waals surface area contributed by atoms with Crippen LogP contribution in [0.3, 0.4) is 0 Å². The minimum Gasteiger partial charge on any atom is -0.397 e. The molecule has 6 nitrogen and oxygen atoms in total. The van der Waals surface area contributed by atoms with E-state index in [1.165, 1.54) is 6.20 Å². The van der Waals surface area contributed by atoms with Gasteiger partial charge in [-0.1, -0.05) is 0 Å². The summed E-state index contributed by atoms with van der Waals surface area (Å²) in [6, 6.07) is 1.65. The van der Waals surface area contributed by atoms with Crippen LogP contribution in [0.5, 0.6) is 0 Å². The Labute approximate surface area is 106 Å². The predicted octanol–water partition coefficient (Wildman–Crippen LogP) is -0.586. The molecule has 0 unspecified atom stereocenters. The van der Waals surface area contributed by atoms with E-state index < -0.39 is 0 Å². The number of hydrogen-bond acceptors (Lipinski definition) is 5. The molecule has 1 amide bonds. The first-order chi connectivity index (χ1) is 8.72. The van der Waals surface area contributed by atoms with Crippen LogP contribution >= 0.6 is 0 Å². The maximum atomic E-state index is 12.2. The van der Waals surface area contributed by atoms with Crippen molar-refractivity contribution in [2.75, 3.05) is 45.1 Å². The molecule has 0 saturated carbocycles. The number of anilines is 1. The highest BCUT2D eigenvalue weighted by atomic mass is 16.3. The van der Waals surface area contributed by atoms with E-state index >= 15 is 0 Å². The second-order valence-corrected chi connectivity index (χ2v) is 4.32. The maximum Gasteiger partial charge on any atom is 0.256 e. The van der Waals surface area contributed by atoms with Gasteiger partial charge in [0.2, 0.25) is 0 Å².